The van der Waals surface area contributed by atoms with E-state index >= 15 is 0 Å². The highest BCUT2D eigenvalue weighted by molar-refractivity contribution is 5.76. The number of aromatic nitrogens is 2. The molecule has 2 rings (SSSR count). The number of aryl methyl sites for hydroxylation is 1. The molecule has 0 aliphatic carbocycles. The highest BCUT2D eigenvalue weighted by Gasteiger charge is 2.26. The molecule has 1 aromatic heterocycles. The molecule has 1 amide bonds. The van der Waals surface area contributed by atoms with Crippen molar-refractivity contribution >= 4 is 5.91 Å². The van der Waals surface area contributed by atoms with E-state index in [-0.39, 0.29) is 5.91 Å². The first-order valence-electron chi connectivity index (χ1n) is 8.04. The maximum atomic E-state index is 12.6. The predicted molar refractivity (Wildman–Crippen MR) is 82.1 cm³/mol. The fourth-order valence-electron chi connectivity index (χ4n) is 3.13. The summed E-state index contributed by atoms with van der Waals surface area (Å²) >= 11 is 0. The molecule has 1 saturated heterocycles. The van der Waals surface area contributed by atoms with Crippen molar-refractivity contribution in [1.29, 1.82) is 0 Å². The Kier molecular flexibility index (Phi) is 6.23. The minimum atomic E-state index is 0.227. The molecule has 1 aliphatic heterocycles. The van der Waals surface area contributed by atoms with Crippen LogP contribution in [0.5, 0.6) is 0 Å². The van der Waals surface area contributed by atoms with Gasteiger partial charge in [-0.15, -0.1) is 0 Å². The molecule has 5 nitrogen and oxygen atoms in total. The number of hydrogen-bond acceptors (Lipinski definition) is 3. The lowest BCUT2D eigenvalue weighted by atomic mass is 9.98. The SMILES string of the molecule is CCc1nccn1CC(=O)N1CCCCC1CCCOC. The molecule has 1 atom stereocenters. The maximum Gasteiger partial charge on any atom is 0.242 e. The summed E-state index contributed by atoms with van der Waals surface area (Å²) in [6, 6.07) is 0.384. The van der Waals surface area contributed by atoms with Gasteiger partial charge in [0, 0.05) is 45.1 Å². The Balaban J connectivity index is 1.94. The van der Waals surface area contributed by atoms with Crippen LogP contribution >= 0.6 is 0 Å². The second-order valence-electron chi connectivity index (χ2n) is 5.70. The minimum Gasteiger partial charge on any atom is -0.385 e. The van der Waals surface area contributed by atoms with Crippen LogP contribution in [0.1, 0.15) is 44.9 Å². The topological polar surface area (TPSA) is 47.4 Å². The average molecular weight is 293 g/mol. The molecule has 1 fully saturated rings. The van der Waals surface area contributed by atoms with Gasteiger partial charge in [-0.25, -0.2) is 4.98 Å². The Labute approximate surface area is 127 Å². The maximum absolute atomic E-state index is 12.6. The van der Waals surface area contributed by atoms with Crippen LogP contribution in [0, 0.1) is 0 Å². The zero-order chi connectivity index (χ0) is 15.1. The molecule has 1 aromatic rings. The molecule has 21 heavy (non-hydrogen) atoms. The third-order valence-electron chi connectivity index (χ3n) is 4.26. The van der Waals surface area contributed by atoms with Crippen molar-refractivity contribution in [2.75, 3.05) is 20.3 Å². The first kappa shape index (κ1) is 16.0. The van der Waals surface area contributed by atoms with E-state index in [0.29, 0.717) is 12.6 Å². The summed E-state index contributed by atoms with van der Waals surface area (Å²) in [6.07, 6.45) is 10.1. The van der Waals surface area contributed by atoms with Gasteiger partial charge < -0.3 is 14.2 Å². The second kappa shape index (κ2) is 8.17. The molecular weight excluding hydrogens is 266 g/mol. The number of methoxy groups -OCH3 is 1. The van der Waals surface area contributed by atoms with Crippen LogP contribution < -0.4 is 0 Å². The number of amides is 1. The van der Waals surface area contributed by atoms with E-state index < -0.39 is 0 Å². The van der Waals surface area contributed by atoms with Gasteiger partial charge in [0.05, 0.1) is 0 Å². The smallest absolute Gasteiger partial charge is 0.242 e. The average Bonchev–Trinajstić information content (AvgIpc) is 2.95. The Bertz CT molecular complexity index is 444. The molecule has 1 aliphatic rings. The van der Waals surface area contributed by atoms with Crippen LogP contribution in [-0.2, 0) is 22.5 Å². The van der Waals surface area contributed by atoms with Crippen molar-refractivity contribution in [3.8, 4) is 0 Å². The molecule has 0 aromatic carbocycles. The number of hydrogen-bond donors (Lipinski definition) is 0. The highest BCUT2D eigenvalue weighted by Crippen LogP contribution is 2.21. The summed E-state index contributed by atoms with van der Waals surface area (Å²) in [5.41, 5.74) is 0. The Morgan fingerprint density at radius 2 is 2.33 bits per heavy atom. The van der Waals surface area contributed by atoms with E-state index in [9.17, 15) is 4.79 Å². The normalized spacial score (nSPS) is 19.0. The van der Waals surface area contributed by atoms with E-state index in [2.05, 4.69) is 16.8 Å². The molecule has 0 bridgehead atoms. The largest absolute Gasteiger partial charge is 0.385 e. The Morgan fingerprint density at radius 3 is 3.10 bits per heavy atom. The summed E-state index contributed by atoms with van der Waals surface area (Å²) in [6.45, 7) is 4.16. The van der Waals surface area contributed by atoms with Gasteiger partial charge in [-0.2, -0.15) is 0 Å². The molecule has 0 spiro atoms. The number of carbonyl (C=O) groups is 1. The molecule has 0 radical (unpaired) electrons. The van der Waals surface area contributed by atoms with Crippen molar-refractivity contribution in [3.05, 3.63) is 18.2 Å². The summed E-state index contributed by atoms with van der Waals surface area (Å²) in [7, 11) is 1.73. The monoisotopic (exact) mass is 293 g/mol. The third-order valence-corrected chi connectivity index (χ3v) is 4.26. The Hall–Kier alpha value is -1.36. The number of rotatable bonds is 7. The molecule has 5 heteroatoms. The van der Waals surface area contributed by atoms with Crippen molar-refractivity contribution in [1.82, 2.24) is 14.5 Å². The van der Waals surface area contributed by atoms with Gasteiger partial charge in [-0.1, -0.05) is 6.92 Å². The molecular formula is C16H27N3O2. The van der Waals surface area contributed by atoms with Crippen LogP contribution in [0.25, 0.3) is 0 Å². The molecule has 1 unspecified atom stereocenters. The summed E-state index contributed by atoms with van der Waals surface area (Å²) < 4.78 is 7.10. The zero-order valence-electron chi connectivity index (χ0n) is 13.3. The molecule has 0 saturated carbocycles. The molecule has 0 N–H and O–H groups in total. The Morgan fingerprint density at radius 1 is 1.48 bits per heavy atom. The van der Waals surface area contributed by atoms with Gasteiger partial charge in [0.15, 0.2) is 0 Å². The number of piperidine rings is 1. The summed E-state index contributed by atoms with van der Waals surface area (Å²) in [5.74, 6) is 1.21. The number of ether oxygens (including phenoxy) is 1. The van der Waals surface area contributed by atoms with Crippen molar-refractivity contribution in [3.63, 3.8) is 0 Å². The van der Waals surface area contributed by atoms with Gasteiger partial charge in [-0.3, -0.25) is 4.79 Å². The summed E-state index contributed by atoms with van der Waals surface area (Å²) in [4.78, 5) is 19.0. The third kappa shape index (κ3) is 4.30. The first-order valence-corrected chi connectivity index (χ1v) is 8.04. The van der Waals surface area contributed by atoms with Crippen molar-refractivity contribution < 1.29 is 9.53 Å². The fourth-order valence-corrected chi connectivity index (χ4v) is 3.13. The van der Waals surface area contributed by atoms with Crippen LogP contribution in [0.3, 0.4) is 0 Å². The van der Waals surface area contributed by atoms with Gasteiger partial charge in [-0.05, 0) is 32.1 Å². The van der Waals surface area contributed by atoms with E-state index in [1.165, 1.54) is 6.42 Å². The van der Waals surface area contributed by atoms with Crippen LogP contribution in [0.2, 0.25) is 0 Å². The lowest BCUT2D eigenvalue weighted by Crippen LogP contribution is -2.45. The lowest BCUT2D eigenvalue weighted by Gasteiger charge is -2.36. The van der Waals surface area contributed by atoms with Gasteiger partial charge in [0.2, 0.25) is 5.91 Å². The van der Waals surface area contributed by atoms with Crippen LogP contribution in [0.4, 0.5) is 0 Å². The molecule has 118 valence electrons. The second-order valence-corrected chi connectivity index (χ2v) is 5.70. The van der Waals surface area contributed by atoms with Crippen molar-refractivity contribution in [2.24, 2.45) is 0 Å². The first-order chi connectivity index (χ1) is 10.3. The number of nitrogens with zero attached hydrogens (tertiary/aromatic N) is 3. The van der Waals surface area contributed by atoms with Crippen LogP contribution in [-0.4, -0.2) is 46.7 Å². The van der Waals surface area contributed by atoms with E-state index in [1.807, 2.05) is 10.8 Å². The summed E-state index contributed by atoms with van der Waals surface area (Å²) in [5, 5.41) is 0. The minimum absolute atomic E-state index is 0.227. The van der Waals surface area contributed by atoms with Crippen molar-refractivity contribution in [2.45, 2.75) is 58.0 Å². The van der Waals surface area contributed by atoms with E-state index in [0.717, 1.165) is 51.1 Å². The quantitative estimate of drug-likeness (QED) is 0.724. The van der Waals surface area contributed by atoms with E-state index in [1.54, 1.807) is 13.3 Å². The number of likely N-dealkylation sites (tertiary alicyclic amines) is 1. The van der Waals surface area contributed by atoms with E-state index in [4.69, 9.17) is 4.74 Å². The highest BCUT2D eigenvalue weighted by atomic mass is 16.5. The van der Waals surface area contributed by atoms with Gasteiger partial charge in [0.25, 0.3) is 0 Å². The van der Waals surface area contributed by atoms with Gasteiger partial charge in [0.1, 0.15) is 12.4 Å². The zero-order valence-corrected chi connectivity index (χ0v) is 13.3. The predicted octanol–water partition coefficient (Wildman–Crippen LogP) is 2.25. The van der Waals surface area contributed by atoms with Gasteiger partial charge >= 0.3 is 0 Å². The lowest BCUT2D eigenvalue weighted by molar-refractivity contribution is -0.135. The number of imidazole rings is 1. The fraction of sp³-hybridized carbons (Fsp3) is 0.750. The molecule has 2 heterocycles. The van der Waals surface area contributed by atoms with Crippen LogP contribution in [0.15, 0.2) is 12.4 Å². The number of carbonyl (C=O) groups excluding carboxylic acids is 1. The standard InChI is InChI=1S/C16H27N3O2/c1-3-15-17-9-11-18(15)13-16(20)19-10-5-4-7-14(19)8-6-12-21-2/h9,11,14H,3-8,10,12-13H2,1-2H3.